The van der Waals surface area contributed by atoms with Crippen LogP contribution in [0.3, 0.4) is 0 Å². The summed E-state index contributed by atoms with van der Waals surface area (Å²) in [5, 5.41) is 23.1. The van der Waals surface area contributed by atoms with Crippen LogP contribution in [-0.2, 0) is 4.74 Å². The van der Waals surface area contributed by atoms with E-state index in [0.717, 1.165) is 34.4 Å². The van der Waals surface area contributed by atoms with Crippen molar-refractivity contribution in [3.8, 4) is 16.9 Å². The molecule has 0 bridgehead atoms. The third-order valence-corrected chi connectivity index (χ3v) is 6.37. The van der Waals surface area contributed by atoms with Crippen LogP contribution in [0.25, 0.3) is 11.1 Å². The molecule has 0 aliphatic heterocycles. The maximum Gasteiger partial charge on any atom is 0.573 e. The van der Waals surface area contributed by atoms with Crippen LogP contribution in [0.15, 0.2) is 71.2 Å². The number of amides is 1. The molecule has 0 spiro atoms. The van der Waals surface area contributed by atoms with Crippen molar-refractivity contribution >= 4 is 22.0 Å². The van der Waals surface area contributed by atoms with Gasteiger partial charge in [0.25, 0.3) is 0 Å². The van der Waals surface area contributed by atoms with Gasteiger partial charge in [0, 0.05) is 16.9 Å². The molecule has 3 N–H and O–H groups in total. The number of ether oxygens (including phenoxy) is 2. The number of aliphatic hydroxyl groups excluding tert-OH is 2. The van der Waals surface area contributed by atoms with Gasteiger partial charge in [0.05, 0.1) is 0 Å². The van der Waals surface area contributed by atoms with E-state index >= 15 is 0 Å². The molecule has 3 aromatic carbocycles. The van der Waals surface area contributed by atoms with Gasteiger partial charge in [-0.3, -0.25) is 0 Å². The van der Waals surface area contributed by atoms with E-state index in [4.69, 9.17) is 4.74 Å². The lowest BCUT2D eigenvalue weighted by Crippen LogP contribution is -2.36. The van der Waals surface area contributed by atoms with Gasteiger partial charge in [-0.2, -0.15) is 0 Å². The second-order valence-corrected chi connectivity index (χ2v) is 8.80. The molecule has 0 heterocycles. The van der Waals surface area contributed by atoms with Crippen LogP contribution in [0.2, 0.25) is 0 Å². The van der Waals surface area contributed by atoms with Crippen molar-refractivity contribution in [1.82, 2.24) is 5.32 Å². The number of alkyl carbamates (subject to hydrolysis) is 1. The molecule has 4 rings (SSSR count). The van der Waals surface area contributed by atoms with Crippen LogP contribution in [0.1, 0.15) is 28.7 Å². The minimum atomic E-state index is -4.86. The molecule has 35 heavy (non-hydrogen) atoms. The van der Waals surface area contributed by atoms with E-state index in [1.807, 2.05) is 48.5 Å². The van der Waals surface area contributed by atoms with Gasteiger partial charge in [-0.1, -0.05) is 70.5 Å². The molecule has 2 atom stereocenters. The normalized spacial score (nSPS) is 14.6. The van der Waals surface area contributed by atoms with Crippen LogP contribution >= 0.6 is 15.9 Å². The summed E-state index contributed by atoms with van der Waals surface area (Å²) in [5.41, 5.74) is 4.42. The van der Waals surface area contributed by atoms with Gasteiger partial charge < -0.3 is 25.0 Å². The number of fused-ring (bicyclic) bond motifs is 3. The average molecular weight is 552 g/mol. The average Bonchev–Trinajstić information content (AvgIpc) is 3.13. The third-order valence-electron chi connectivity index (χ3n) is 5.69. The fourth-order valence-electron chi connectivity index (χ4n) is 4.10. The lowest BCUT2D eigenvalue weighted by Gasteiger charge is -2.21. The van der Waals surface area contributed by atoms with E-state index in [-0.39, 0.29) is 29.1 Å². The highest BCUT2D eigenvalue weighted by Crippen LogP contribution is 2.44. The minimum absolute atomic E-state index is 0.0880. The lowest BCUT2D eigenvalue weighted by molar-refractivity contribution is -0.274. The Labute approximate surface area is 207 Å². The summed E-state index contributed by atoms with van der Waals surface area (Å²) in [6.07, 6.45) is -8.56. The molecule has 2 unspecified atom stereocenters. The van der Waals surface area contributed by atoms with Crippen LogP contribution in [0, 0.1) is 0 Å². The number of hydrogen-bond donors (Lipinski definition) is 3. The highest BCUT2D eigenvalue weighted by atomic mass is 79.9. The number of halogens is 4. The number of rotatable bonds is 7. The Balaban J connectivity index is 1.32. The molecular formula is C25H21BrF3NO5. The molecule has 0 saturated heterocycles. The molecule has 1 aliphatic rings. The van der Waals surface area contributed by atoms with Gasteiger partial charge >= 0.3 is 12.5 Å². The van der Waals surface area contributed by atoms with Crippen molar-refractivity contribution in [2.45, 2.75) is 24.5 Å². The topological polar surface area (TPSA) is 88.0 Å². The predicted octanol–water partition coefficient (Wildman–Crippen LogP) is 5.28. The number of hydrogen-bond acceptors (Lipinski definition) is 5. The van der Waals surface area contributed by atoms with Gasteiger partial charge in [-0.05, 0) is 39.9 Å². The van der Waals surface area contributed by atoms with Crippen molar-refractivity contribution in [2.24, 2.45) is 0 Å². The Morgan fingerprint density at radius 2 is 1.60 bits per heavy atom. The van der Waals surface area contributed by atoms with E-state index in [0.29, 0.717) is 0 Å². The molecule has 10 heteroatoms. The highest BCUT2D eigenvalue weighted by Gasteiger charge is 2.32. The third kappa shape index (κ3) is 5.77. The molecule has 6 nitrogen and oxygen atoms in total. The molecule has 3 aromatic rings. The van der Waals surface area contributed by atoms with Gasteiger partial charge in [-0.25, -0.2) is 4.79 Å². The quantitative estimate of drug-likeness (QED) is 0.372. The van der Waals surface area contributed by atoms with Crippen LogP contribution in [0.4, 0.5) is 18.0 Å². The SMILES string of the molecule is O=C(NCC(O)C(O)c1ccc(OC(F)(F)F)cc1Br)OCC1c2ccccc2-c2ccccc21. The Morgan fingerprint density at radius 1 is 1.00 bits per heavy atom. The zero-order valence-electron chi connectivity index (χ0n) is 18.1. The Bertz CT molecular complexity index is 1170. The van der Waals surface area contributed by atoms with Crippen molar-refractivity contribution < 1.29 is 37.7 Å². The van der Waals surface area contributed by atoms with E-state index in [1.54, 1.807) is 0 Å². The van der Waals surface area contributed by atoms with E-state index in [2.05, 4.69) is 26.0 Å². The van der Waals surface area contributed by atoms with Gasteiger partial charge in [-0.15, -0.1) is 13.2 Å². The number of benzene rings is 3. The zero-order valence-corrected chi connectivity index (χ0v) is 19.7. The molecule has 0 radical (unpaired) electrons. The van der Waals surface area contributed by atoms with Gasteiger partial charge in [0.15, 0.2) is 0 Å². The number of nitrogens with one attached hydrogen (secondary N) is 1. The van der Waals surface area contributed by atoms with Crippen LogP contribution < -0.4 is 10.1 Å². The first-order chi connectivity index (χ1) is 16.6. The second kappa shape index (κ2) is 10.3. The number of carbonyl (C=O) groups excluding carboxylic acids is 1. The molecular weight excluding hydrogens is 531 g/mol. The van der Waals surface area contributed by atoms with E-state index in [1.165, 1.54) is 6.07 Å². The molecule has 0 fully saturated rings. The summed E-state index contributed by atoms with van der Waals surface area (Å²) in [7, 11) is 0. The first kappa shape index (κ1) is 25.0. The maximum absolute atomic E-state index is 12.4. The summed E-state index contributed by atoms with van der Waals surface area (Å²) in [6, 6.07) is 19.0. The zero-order chi connectivity index (χ0) is 25.2. The summed E-state index contributed by atoms with van der Waals surface area (Å²) < 4.78 is 46.4. The second-order valence-electron chi connectivity index (χ2n) is 7.95. The van der Waals surface area contributed by atoms with Crippen molar-refractivity contribution in [2.75, 3.05) is 13.2 Å². The molecule has 0 aromatic heterocycles. The summed E-state index contributed by atoms with van der Waals surface area (Å²) in [4.78, 5) is 12.3. The summed E-state index contributed by atoms with van der Waals surface area (Å²) in [5.74, 6) is -0.608. The standard InChI is InChI=1S/C25H21BrF3NO5/c26-21-11-14(35-25(27,28)29)9-10-19(21)23(32)22(31)12-30-24(33)34-13-20-17-7-3-1-5-15(17)16-6-2-4-8-18(16)20/h1-11,20,22-23,31-32H,12-13H2,(H,30,33). The fraction of sp³-hybridized carbons (Fsp3) is 0.240. The van der Waals surface area contributed by atoms with Crippen molar-refractivity contribution in [3.05, 3.63) is 87.9 Å². The number of carbonyl (C=O) groups is 1. The first-order valence-electron chi connectivity index (χ1n) is 10.6. The first-order valence-corrected chi connectivity index (χ1v) is 11.4. The molecule has 1 aliphatic carbocycles. The van der Waals surface area contributed by atoms with Gasteiger partial charge in [0.1, 0.15) is 24.6 Å². The van der Waals surface area contributed by atoms with Crippen molar-refractivity contribution in [1.29, 1.82) is 0 Å². The van der Waals surface area contributed by atoms with Crippen LogP contribution in [-0.4, -0.2) is 41.9 Å². The molecule has 0 saturated carbocycles. The summed E-state index contributed by atoms with van der Waals surface area (Å²) in [6.45, 7) is -0.254. The van der Waals surface area contributed by atoms with Crippen molar-refractivity contribution in [3.63, 3.8) is 0 Å². The molecule has 184 valence electrons. The Hall–Kier alpha value is -3.08. The van der Waals surface area contributed by atoms with Gasteiger partial charge in [0.2, 0.25) is 0 Å². The summed E-state index contributed by atoms with van der Waals surface area (Å²) >= 11 is 3.06. The fourth-order valence-corrected chi connectivity index (χ4v) is 4.69. The highest BCUT2D eigenvalue weighted by molar-refractivity contribution is 9.10. The predicted molar refractivity (Wildman–Crippen MR) is 125 cm³/mol. The van der Waals surface area contributed by atoms with Crippen LogP contribution in [0.5, 0.6) is 5.75 Å². The largest absolute Gasteiger partial charge is 0.573 e. The minimum Gasteiger partial charge on any atom is -0.449 e. The number of alkyl halides is 3. The smallest absolute Gasteiger partial charge is 0.449 e. The molecule has 1 amide bonds. The maximum atomic E-state index is 12.4. The Morgan fingerprint density at radius 3 is 2.17 bits per heavy atom. The number of aliphatic hydroxyl groups is 2. The van der Waals surface area contributed by atoms with E-state index in [9.17, 15) is 28.2 Å². The lowest BCUT2D eigenvalue weighted by atomic mass is 9.98. The monoisotopic (exact) mass is 551 g/mol. The van der Waals surface area contributed by atoms with E-state index < -0.39 is 30.4 Å². The Kier molecular flexibility index (Phi) is 7.34.